The molecule has 126 valence electrons. The maximum Gasteiger partial charge on any atom is 0.349 e. The van der Waals surface area contributed by atoms with E-state index in [9.17, 15) is 9.59 Å². The Balaban J connectivity index is 1.68. The third kappa shape index (κ3) is 2.53. The Morgan fingerprint density at radius 2 is 2.12 bits per heavy atom. The zero-order valence-electron chi connectivity index (χ0n) is 13.9. The van der Waals surface area contributed by atoms with Crippen molar-refractivity contribution in [1.82, 2.24) is 19.6 Å². The number of hydrogen-bond acceptors (Lipinski definition) is 5. The topological polar surface area (TPSA) is 79.0 Å². The molecule has 0 N–H and O–H groups in total. The molecule has 0 saturated heterocycles. The van der Waals surface area contributed by atoms with Crippen molar-refractivity contribution in [3.8, 4) is 11.6 Å². The van der Waals surface area contributed by atoms with Crippen molar-refractivity contribution in [2.45, 2.75) is 19.8 Å². The number of esters is 1. The fraction of sp³-hybridized carbons (Fsp3) is 0.222. The largest absolute Gasteiger partial charge is 0.423 e. The molecule has 0 amide bonds. The third-order valence-corrected chi connectivity index (χ3v) is 4.33. The van der Waals surface area contributed by atoms with E-state index in [1.807, 2.05) is 0 Å². The van der Waals surface area contributed by atoms with Crippen LogP contribution < -0.4 is 4.74 Å². The van der Waals surface area contributed by atoms with Crippen molar-refractivity contribution in [2.24, 2.45) is 7.05 Å². The molecule has 1 aliphatic rings. The first-order valence-electron chi connectivity index (χ1n) is 7.96. The minimum atomic E-state index is -0.500. The van der Waals surface area contributed by atoms with Crippen molar-refractivity contribution in [3.05, 3.63) is 59.0 Å². The maximum absolute atomic E-state index is 12.7. The molecule has 0 radical (unpaired) electrons. The Labute approximate surface area is 143 Å². The predicted octanol–water partition coefficient (Wildman–Crippen LogP) is 2.26. The van der Waals surface area contributed by atoms with E-state index >= 15 is 0 Å². The molecule has 1 aromatic carbocycles. The fourth-order valence-electron chi connectivity index (χ4n) is 3.20. The lowest BCUT2D eigenvalue weighted by atomic mass is 10.1. The number of carbonyl (C=O) groups excluding carboxylic acids is 2. The number of ether oxygens (including phenoxy) is 1. The molecule has 0 saturated carbocycles. The lowest BCUT2D eigenvalue weighted by molar-refractivity contribution is 0.0733. The molecule has 0 aliphatic heterocycles. The molecule has 0 bridgehead atoms. The van der Waals surface area contributed by atoms with Crippen molar-refractivity contribution in [3.63, 3.8) is 0 Å². The molecule has 0 spiro atoms. The van der Waals surface area contributed by atoms with E-state index in [2.05, 4.69) is 10.2 Å². The van der Waals surface area contributed by atoms with E-state index in [0.717, 1.165) is 11.1 Å². The first-order chi connectivity index (χ1) is 12.0. The van der Waals surface area contributed by atoms with Gasteiger partial charge in [0, 0.05) is 31.4 Å². The molecule has 0 fully saturated rings. The number of hydrogen-bond donors (Lipinski definition) is 0. The molecule has 2 heterocycles. The Morgan fingerprint density at radius 1 is 1.28 bits per heavy atom. The van der Waals surface area contributed by atoms with Crippen LogP contribution in [0.15, 0.2) is 36.7 Å². The van der Waals surface area contributed by atoms with Gasteiger partial charge in [0.2, 0.25) is 0 Å². The van der Waals surface area contributed by atoms with Gasteiger partial charge >= 0.3 is 5.97 Å². The number of ketones is 1. The molecule has 4 rings (SSSR count). The SMILES string of the molecule is Cc1nn(C)c(-n2cccn2)c1C(=O)Oc1ccc2c(c1)CCC2=O. The van der Waals surface area contributed by atoms with Gasteiger partial charge in [-0.1, -0.05) is 0 Å². The van der Waals surface area contributed by atoms with Crippen molar-refractivity contribution < 1.29 is 14.3 Å². The number of aromatic nitrogens is 4. The van der Waals surface area contributed by atoms with Crippen LogP contribution in [0.5, 0.6) is 5.75 Å². The highest BCUT2D eigenvalue weighted by Crippen LogP contribution is 2.27. The van der Waals surface area contributed by atoms with Gasteiger partial charge in [0.25, 0.3) is 0 Å². The summed E-state index contributed by atoms with van der Waals surface area (Å²) in [6.07, 6.45) is 4.57. The first-order valence-corrected chi connectivity index (χ1v) is 7.96. The summed E-state index contributed by atoms with van der Waals surface area (Å²) in [7, 11) is 1.75. The normalized spacial score (nSPS) is 13.1. The molecule has 0 unspecified atom stereocenters. The molecular formula is C18H16N4O3. The van der Waals surface area contributed by atoms with E-state index in [1.165, 1.54) is 0 Å². The average molecular weight is 336 g/mol. The third-order valence-electron chi connectivity index (χ3n) is 4.33. The summed E-state index contributed by atoms with van der Waals surface area (Å²) in [5.41, 5.74) is 2.57. The number of aryl methyl sites for hydroxylation is 3. The van der Waals surface area contributed by atoms with Gasteiger partial charge in [-0.15, -0.1) is 0 Å². The number of fused-ring (bicyclic) bond motifs is 1. The molecule has 7 heteroatoms. The zero-order chi connectivity index (χ0) is 17.6. The summed E-state index contributed by atoms with van der Waals surface area (Å²) < 4.78 is 8.73. The predicted molar refractivity (Wildman–Crippen MR) is 89.1 cm³/mol. The number of rotatable bonds is 3. The minimum absolute atomic E-state index is 0.136. The standard InChI is InChI=1S/C18H16N4O3/c1-11-16(17(21(2)20-11)22-9-3-8-19-22)18(24)25-13-5-6-14-12(10-13)4-7-15(14)23/h3,5-6,8-10H,4,7H2,1-2H3. The van der Waals surface area contributed by atoms with Gasteiger partial charge in [-0.2, -0.15) is 10.2 Å². The van der Waals surface area contributed by atoms with E-state index in [4.69, 9.17) is 4.74 Å². The quantitative estimate of drug-likeness (QED) is 0.541. The summed E-state index contributed by atoms with van der Waals surface area (Å²) in [6, 6.07) is 6.91. The van der Waals surface area contributed by atoms with Crippen LogP contribution in [-0.4, -0.2) is 31.3 Å². The van der Waals surface area contributed by atoms with Crippen LogP contribution in [0.1, 0.15) is 38.4 Å². The second-order valence-corrected chi connectivity index (χ2v) is 5.99. The van der Waals surface area contributed by atoms with Crippen LogP contribution in [0.2, 0.25) is 0 Å². The molecule has 3 aromatic rings. The smallest absolute Gasteiger partial charge is 0.349 e. The molecule has 7 nitrogen and oxygen atoms in total. The van der Waals surface area contributed by atoms with Crippen LogP contribution in [0.4, 0.5) is 0 Å². The van der Waals surface area contributed by atoms with Gasteiger partial charge in [0.05, 0.1) is 5.69 Å². The van der Waals surface area contributed by atoms with E-state index in [0.29, 0.717) is 35.7 Å². The first kappa shape index (κ1) is 15.3. The lowest BCUT2D eigenvalue weighted by Gasteiger charge is -2.08. The summed E-state index contributed by atoms with van der Waals surface area (Å²) in [5, 5.41) is 8.48. The number of nitrogens with zero attached hydrogens (tertiary/aromatic N) is 4. The monoisotopic (exact) mass is 336 g/mol. The van der Waals surface area contributed by atoms with E-state index in [-0.39, 0.29) is 5.78 Å². The zero-order valence-corrected chi connectivity index (χ0v) is 13.9. The number of Topliss-reactive ketones (excluding diaryl/α,β-unsaturated/α-hetero) is 1. The van der Waals surface area contributed by atoms with Gasteiger partial charge in [0.1, 0.15) is 11.3 Å². The highest BCUT2D eigenvalue weighted by molar-refractivity contribution is 6.01. The lowest BCUT2D eigenvalue weighted by Crippen LogP contribution is -2.14. The van der Waals surface area contributed by atoms with E-state index < -0.39 is 5.97 Å². The van der Waals surface area contributed by atoms with E-state index in [1.54, 1.807) is 60.0 Å². The highest BCUT2D eigenvalue weighted by Gasteiger charge is 2.25. The molecule has 2 aromatic heterocycles. The molecular weight excluding hydrogens is 320 g/mol. The van der Waals surface area contributed by atoms with Crippen LogP contribution in [0.3, 0.4) is 0 Å². The highest BCUT2D eigenvalue weighted by atomic mass is 16.5. The Hall–Kier alpha value is -3.22. The average Bonchev–Trinajstić information content (AvgIpc) is 3.27. The fourth-order valence-corrected chi connectivity index (χ4v) is 3.20. The van der Waals surface area contributed by atoms with Gasteiger partial charge in [-0.3, -0.25) is 4.79 Å². The Morgan fingerprint density at radius 3 is 2.88 bits per heavy atom. The molecule has 1 aliphatic carbocycles. The van der Waals surface area contributed by atoms with Gasteiger partial charge in [0.15, 0.2) is 11.6 Å². The summed E-state index contributed by atoms with van der Waals surface area (Å²) >= 11 is 0. The van der Waals surface area contributed by atoms with Crippen molar-refractivity contribution in [2.75, 3.05) is 0 Å². The Bertz CT molecular complexity index is 986. The molecule has 25 heavy (non-hydrogen) atoms. The van der Waals surface area contributed by atoms with Crippen LogP contribution >= 0.6 is 0 Å². The van der Waals surface area contributed by atoms with Gasteiger partial charge in [-0.25, -0.2) is 14.2 Å². The summed E-state index contributed by atoms with van der Waals surface area (Å²) in [4.78, 5) is 24.5. The summed E-state index contributed by atoms with van der Waals surface area (Å²) in [6.45, 7) is 1.75. The second kappa shape index (κ2) is 5.70. The number of benzene rings is 1. The van der Waals surface area contributed by atoms with Crippen molar-refractivity contribution >= 4 is 11.8 Å². The maximum atomic E-state index is 12.7. The minimum Gasteiger partial charge on any atom is -0.423 e. The van der Waals surface area contributed by atoms with Crippen LogP contribution in [0.25, 0.3) is 5.82 Å². The van der Waals surface area contributed by atoms with Crippen LogP contribution in [-0.2, 0) is 13.5 Å². The van der Waals surface area contributed by atoms with Gasteiger partial charge < -0.3 is 4.74 Å². The van der Waals surface area contributed by atoms with Crippen LogP contribution in [0, 0.1) is 6.92 Å². The Kier molecular flexibility index (Phi) is 3.49. The second-order valence-electron chi connectivity index (χ2n) is 5.99. The molecule has 0 atom stereocenters. The number of carbonyl (C=O) groups is 2. The van der Waals surface area contributed by atoms with Crippen molar-refractivity contribution in [1.29, 1.82) is 0 Å². The van der Waals surface area contributed by atoms with Gasteiger partial charge in [-0.05, 0) is 43.2 Å². The summed E-state index contributed by atoms with van der Waals surface area (Å²) in [5.74, 6) is 0.606.